The average Bonchev–Trinajstić information content (AvgIpc) is 3.35. The number of aliphatic hydroxyl groups excluding tert-OH is 3. The first-order valence-electron chi connectivity index (χ1n) is 31.3. The fraction of sp³-hybridized carbons (Fsp3) is 0.891. The molecule has 4 N–H and O–H groups in total. The molecule has 0 heterocycles. The van der Waals surface area contributed by atoms with Gasteiger partial charge in [0, 0.05) is 6.42 Å². The quantitative estimate of drug-likeness (QED) is 0.0361. The summed E-state index contributed by atoms with van der Waals surface area (Å²) in [6.45, 7) is 4.21. The van der Waals surface area contributed by atoms with Gasteiger partial charge < -0.3 is 20.6 Å². The SMILES string of the molecule is CCCCCCCCCCCCCC/C=C\CCCCCCCCCCCCCCCCCCC(=O)NC(CO)C(O)C(O)CCC/C=C/CC/C=C/CCCCCCCCCCCCCCCC. The number of amides is 1. The van der Waals surface area contributed by atoms with Crippen molar-refractivity contribution in [3.05, 3.63) is 36.5 Å². The molecule has 0 saturated heterocycles. The number of carbonyl (C=O) groups is 1. The highest BCUT2D eigenvalue weighted by molar-refractivity contribution is 5.76. The van der Waals surface area contributed by atoms with Gasteiger partial charge in [-0.2, -0.15) is 0 Å². The van der Waals surface area contributed by atoms with E-state index in [4.69, 9.17) is 0 Å². The Balaban J connectivity index is 3.53. The molecule has 0 aliphatic rings. The van der Waals surface area contributed by atoms with Crippen LogP contribution in [0.2, 0.25) is 0 Å². The van der Waals surface area contributed by atoms with Crippen LogP contribution in [0.15, 0.2) is 36.5 Å². The second-order valence-corrected chi connectivity index (χ2v) is 21.6. The zero-order valence-corrected chi connectivity index (χ0v) is 46.7. The summed E-state index contributed by atoms with van der Waals surface area (Å²) in [7, 11) is 0. The summed E-state index contributed by atoms with van der Waals surface area (Å²) in [5.41, 5.74) is 0. The Labute approximate surface area is 432 Å². The molecule has 0 saturated carbocycles. The van der Waals surface area contributed by atoms with E-state index < -0.39 is 18.2 Å². The van der Waals surface area contributed by atoms with E-state index in [0.717, 1.165) is 44.9 Å². The predicted molar refractivity (Wildman–Crippen MR) is 305 cm³/mol. The molecule has 0 aromatic heterocycles. The number of hydrogen-bond acceptors (Lipinski definition) is 4. The van der Waals surface area contributed by atoms with Crippen molar-refractivity contribution in [2.45, 2.75) is 360 Å². The Bertz CT molecular complexity index is 1070. The van der Waals surface area contributed by atoms with Gasteiger partial charge in [0.2, 0.25) is 5.91 Å². The maximum absolute atomic E-state index is 12.5. The van der Waals surface area contributed by atoms with E-state index in [9.17, 15) is 20.1 Å². The molecule has 0 radical (unpaired) electrons. The molecule has 69 heavy (non-hydrogen) atoms. The number of carbonyl (C=O) groups excluding carboxylic acids is 1. The van der Waals surface area contributed by atoms with Crippen molar-refractivity contribution >= 4 is 5.91 Å². The maximum atomic E-state index is 12.5. The van der Waals surface area contributed by atoms with Crippen LogP contribution in [0.4, 0.5) is 0 Å². The van der Waals surface area contributed by atoms with Gasteiger partial charge in [0.05, 0.1) is 18.8 Å². The maximum Gasteiger partial charge on any atom is 0.220 e. The first-order chi connectivity index (χ1) is 34.1. The molecule has 0 aliphatic carbocycles. The normalized spacial score (nSPS) is 13.4. The minimum absolute atomic E-state index is 0.153. The van der Waals surface area contributed by atoms with Gasteiger partial charge in [0.15, 0.2) is 0 Å². The fourth-order valence-electron chi connectivity index (χ4n) is 9.88. The predicted octanol–water partition coefficient (Wildman–Crippen LogP) is 19.8. The lowest BCUT2D eigenvalue weighted by atomic mass is 10.0. The van der Waals surface area contributed by atoms with Gasteiger partial charge in [-0.15, -0.1) is 0 Å². The molecule has 3 unspecified atom stereocenters. The molecule has 5 heteroatoms. The Morgan fingerprint density at radius 2 is 0.594 bits per heavy atom. The van der Waals surface area contributed by atoms with Crippen LogP contribution in [0, 0.1) is 0 Å². The summed E-state index contributed by atoms with van der Waals surface area (Å²) >= 11 is 0. The lowest BCUT2D eigenvalue weighted by Crippen LogP contribution is -2.50. The molecule has 0 spiro atoms. The fourth-order valence-corrected chi connectivity index (χ4v) is 9.88. The first-order valence-corrected chi connectivity index (χ1v) is 31.3. The number of nitrogens with one attached hydrogen (secondary N) is 1. The van der Waals surface area contributed by atoms with Gasteiger partial charge in [0.1, 0.15) is 6.10 Å². The summed E-state index contributed by atoms with van der Waals surface area (Å²) in [6, 6.07) is -0.833. The molecule has 5 nitrogen and oxygen atoms in total. The molecular formula is C64H123NO4. The van der Waals surface area contributed by atoms with E-state index in [0.29, 0.717) is 12.8 Å². The third-order valence-corrected chi connectivity index (χ3v) is 14.7. The molecular weight excluding hydrogens is 847 g/mol. The lowest BCUT2D eigenvalue weighted by molar-refractivity contribution is -0.124. The van der Waals surface area contributed by atoms with Crippen molar-refractivity contribution in [2.75, 3.05) is 6.61 Å². The average molecular weight is 971 g/mol. The van der Waals surface area contributed by atoms with Crippen LogP contribution in [-0.2, 0) is 4.79 Å². The van der Waals surface area contributed by atoms with E-state index in [1.54, 1.807) is 0 Å². The first kappa shape index (κ1) is 67.6. The van der Waals surface area contributed by atoms with Crippen LogP contribution in [-0.4, -0.2) is 46.1 Å². The molecule has 408 valence electrons. The van der Waals surface area contributed by atoms with E-state index >= 15 is 0 Å². The van der Waals surface area contributed by atoms with Gasteiger partial charge in [-0.05, 0) is 77.0 Å². The van der Waals surface area contributed by atoms with Gasteiger partial charge in [-0.25, -0.2) is 0 Å². The number of hydrogen-bond donors (Lipinski definition) is 4. The highest BCUT2D eigenvalue weighted by Crippen LogP contribution is 2.18. The molecule has 1 amide bonds. The van der Waals surface area contributed by atoms with E-state index in [1.807, 2.05) is 0 Å². The van der Waals surface area contributed by atoms with Gasteiger partial charge >= 0.3 is 0 Å². The van der Waals surface area contributed by atoms with Crippen LogP contribution < -0.4 is 5.32 Å². The van der Waals surface area contributed by atoms with Crippen molar-refractivity contribution in [2.24, 2.45) is 0 Å². The summed E-state index contributed by atoms with van der Waals surface area (Å²) in [5, 5.41) is 33.8. The summed E-state index contributed by atoms with van der Waals surface area (Å²) in [5.74, 6) is -0.153. The van der Waals surface area contributed by atoms with Crippen LogP contribution >= 0.6 is 0 Å². The topological polar surface area (TPSA) is 89.8 Å². The molecule has 0 rings (SSSR count). The standard InChI is InChI=1S/C64H123NO4/c1-3-5-7-9-11-13-15-17-19-21-23-25-27-28-29-30-31-32-33-34-35-37-39-41-43-45-47-49-51-53-55-57-59-63(68)65-61(60-66)64(69)62(67)58-56-54-52-50-48-46-44-42-40-38-36-26-24-22-20-18-16-14-12-10-8-6-4-2/h28-29,42,44,50,52,61-62,64,66-67,69H,3-27,30-41,43,45-49,51,53-60H2,1-2H3,(H,65,68)/b29-28-,44-42+,52-50+. The highest BCUT2D eigenvalue weighted by Gasteiger charge is 2.26. The zero-order chi connectivity index (χ0) is 50.0. The Kier molecular flexibility index (Phi) is 57.9. The van der Waals surface area contributed by atoms with Gasteiger partial charge in [-0.3, -0.25) is 4.79 Å². The van der Waals surface area contributed by atoms with Crippen molar-refractivity contribution in [3.8, 4) is 0 Å². The molecule has 0 bridgehead atoms. The third kappa shape index (κ3) is 54.2. The van der Waals surface area contributed by atoms with Crippen molar-refractivity contribution < 1.29 is 20.1 Å². The van der Waals surface area contributed by atoms with Crippen LogP contribution in [0.3, 0.4) is 0 Å². The van der Waals surface area contributed by atoms with Crippen LogP contribution in [0.5, 0.6) is 0 Å². The molecule has 0 aromatic carbocycles. The minimum atomic E-state index is -1.17. The Morgan fingerprint density at radius 1 is 0.348 bits per heavy atom. The van der Waals surface area contributed by atoms with Gasteiger partial charge in [0.25, 0.3) is 0 Å². The Morgan fingerprint density at radius 3 is 0.884 bits per heavy atom. The van der Waals surface area contributed by atoms with Crippen molar-refractivity contribution in [3.63, 3.8) is 0 Å². The Hall–Kier alpha value is -1.43. The van der Waals surface area contributed by atoms with Gasteiger partial charge in [-0.1, -0.05) is 294 Å². The van der Waals surface area contributed by atoms with Crippen LogP contribution in [0.1, 0.15) is 341 Å². The van der Waals surface area contributed by atoms with E-state index in [1.165, 1.54) is 270 Å². The number of unbranched alkanes of at least 4 members (excludes halogenated alkanes) is 44. The number of allylic oxidation sites excluding steroid dienone is 6. The van der Waals surface area contributed by atoms with Crippen molar-refractivity contribution in [1.29, 1.82) is 0 Å². The lowest BCUT2D eigenvalue weighted by Gasteiger charge is -2.26. The summed E-state index contributed by atoms with van der Waals surface area (Å²) in [4.78, 5) is 12.5. The summed E-state index contributed by atoms with van der Waals surface area (Å²) in [6.07, 6.45) is 77.6. The smallest absolute Gasteiger partial charge is 0.220 e. The molecule has 0 aliphatic heterocycles. The minimum Gasteiger partial charge on any atom is -0.394 e. The second kappa shape index (κ2) is 59.1. The monoisotopic (exact) mass is 970 g/mol. The zero-order valence-electron chi connectivity index (χ0n) is 46.7. The largest absolute Gasteiger partial charge is 0.394 e. The molecule has 3 atom stereocenters. The third-order valence-electron chi connectivity index (χ3n) is 14.7. The number of aliphatic hydroxyl groups is 3. The van der Waals surface area contributed by atoms with Crippen LogP contribution in [0.25, 0.3) is 0 Å². The van der Waals surface area contributed by atoms with Crippen molar-refractivity contribution in [1.82, 2.24) is 5.32 Å². The molecule has 0 fully saturated rings. The highest BCUT2D eigenvalue weighted by atomic mass is 16.3. The van der Waals surface area contributed by atoms with E-state index in [-0.39, 0.29) is 12.5 Å². The number of rotatable bonds is 58. The second-order valence-electron chi connectivity index (χ2n) is 21.6. The summed E-state index contributed by atoms with van der Waals surface area (Å²) < 4.78 is 0. The van der Waals surface area contributed by atoms with E-state index in [2.05, 4.69) is 55.6 Å². The molecule has 0 aromatic rings.